The first-order chi connectivity index (χ1) is 9.24. The van der Waals surface area contributed by atoms with Gasteiger partial charge in [0.25, 0.3) is 0 Å². The maximum atomic E-state index is 5.22. The molecule has 2 aromatic carbocycles. The van der Waals surface area contributed by atoms with E-state index < -0.39 is 0 Å². The van der Waals surface area contributed by atoms with Crippen LogP contribution in [0.2, 0.25) is 0 Å². The highest BCUT2D eigenvalue weighted by Crippen LogP contribution is 2.31. The molecule has 1 aromatic heterocycles. The summed E-state index contributed by atoms with van der Waals surface area (Å²) < 4.78 is 7.39. The van der Waals surface area contributed by atoms with Gasteiger partial charge in [0, 0.05) is 10.2 Å². The zero-order valence-electron chi connectivity index (χ0n) is 10.2. The lowest BCUT2D eigenvalue weighted by Gasteiger charge is -2.01. The van der Waals surface area contributed by atoms with E-state index in [1.54, 1.807) is 18.4 Å². The number of nitrogens with one attached hydrogen (secondary N) is 1. The molecular formula is C14H11BrN2OS. The zero-order valence-corrected chi connectivity index (χ0v) is 12.6. The molecular weight excluding hydrogens is 324 g/mol. The SMILES string of the molecule is COc1ccc2nc(Nc3ccc(Br)cc3)sc2c1. The summed E-state index contributed by atoms with van der Waals surface area (Å²) in [6.45, 7) is 0. The van der Waals surface area contributed by atoms with Crippen molar-refractivity contribution < 1.29 is 4.74 Å². The third-order valence-electron chi connectivity index (χ3n) is 2.69. The second kappa shape index (κ2) is 5.19. The lowest BCUT2D eigenvalue weighted by molar-refractivity contribution is 0.415. The Labute approximate surface area is 123 Å². The summed E-state index contributed by atoms with van der Waals surface area (Å²) in [6.07, 6.45) is 0. The van der Waals surface area contributed by atoms with Crippen molar-refractivity contribution in [2.75, 3.05) is 12.4 Å². The number of halogens is 1. The van der Waals surface area contributed by atoms with E-state index in [9.17, 15) is 0 Å². The van der Waals surface area contributed by atoms with Crippen molar-refractivity contribution in [2.24, 2.45) is 0 Å². The number of aromatic nitrogens is 1. The van der Waals surface area contributed by atoms with Crippen LogP contribution in [0.4, 0.5) is 10.8 Å². The van der Waals surface area contributed by atoms with Crippen LogP contribution >= 0.6 is 27.3 Å². The summed E-state index contributed by atoms with van der Waals surface area (Å²) in [5, 5.41) is 4.18. The number of benzene rings is 2. The van der Waals surface area contributed by atoms with Gasteiger partial charge in [0.15, 0.2) is 5.13 Å². The predicted octanol–water partition coefficient (Wildman–Crippen LogP) is 4.81. The summed E-state index contributed by atoms with van der Waals surface area (Å²) in [7, 11) is 1.67. The molecule has 0 aliphatic carbocycles. The average Bonchev–Trinajstić information content (AvgIpc) is 2.82. The summed E-state index contributed by atoms with van der Waals surface area (Å²) in [4.78, 5) is 4.55. The molecule has 5 heteroatoms. The maximum absolute atomic E-state index is 5.22. The molecule has 0 unspecified atom stereocenters. The quantitative estimate of drug-likeness (QED) is 0.746. The number of fused-ring (bicyclic) bond motifs is 1. The first-order valence-corrected chi connectivity index (χ1v) is 7.33. The van der Waals surface area contributed by atoms with Crippen molar-refractivity contribution in [3.8, 4) is 5.75 Å². The van der Waals surface area contributed by atoms with Gasteiger partial charge >= 0.3 is 0 Å². The number of ether oxygens (including phenoxy) is 1. The number of nitrogens with zero attached hydrogens (tertiary/aromatic N) is 1. The fourth-order valence-corrected chi connectivity index (χ4v) is 2.92. The van der Waals surface area contributed by atoms with E-state index in [0.29, 0.717) is 0 Å². The average molecular weight is 335 g/mol. The molecule has 1 N–H and O–H groups in total. The highest BCUT2D eigenvalue weighted by Gasteiger charge is 2.05. The number of anilines is 2. The van der Waals surface area contributed by atoms with Crippen molar-refractivity contribution in [1.29, 1.82) is 0 Å². The largest absolute Gasteiger partial charge is 0.497 e. The molecule has 3 nitrogen and oxygen atoms in total. The van der Waals surface area contributed by atoms with Crippen LogP contribution in [0, 0.1) is 0 Å². The summed E-state index contributed by atoms with van der Waals surface area (Å²) in [6, 6.07) is 13.9. The Morgan fingerprint density at radius 3 is 2.68 bits per heavy atom. The Hall–Kier alpha value is -1.59. The highest BCUT2D eigenvalue weighted by molar-refractivity contribution is 9.10. The molecule has 1 heterocycles. The Morgan fingerprint density at radius 2 is 1.95 bits per heavy atom. The minimum absolute atomic E-state index is 0.853. The van der Waals surface area contributed by atoms with Gasteiger partial charge in [0.2, 0.25) is 0 Å². The van der Waals surface area contributed by atoms with Gasteiger partial charge in [-0.15, -0.1) is 0 Å². The van der Waals surface area contributed by atoms with Crippen LogP contribution in [0.3, 0.4) is 0 Å². The van der Waals surface area contributed by atoms with E-state index in [2.05, 4.69) is 26.2 Å². The second-order valence-electron chi connectivity index (χ2n) is 3.98. The topological polar surface area (TPSA) is 34.1 Å². The van der Waals surface area contributed by atoms with Gasteiger partial charge < -0.3 is 10.1 Å². The van der Waals surface area contributed by atoms with Crippen LogP contribution in [0.25, 0.3) is 10.2 Å². The molecule has 0 aliphatic heterocycles. The molecule has 0 aliphatic rings. The van der Waals surface area contributed by atoms with Crippen molar-refractivity contribution >= 4 is 48.3 Å². The third-order valence-corrected chi connectivity index (χ3v) is 4.15. The first kappa shape index (κ1) is 12.4. The van der Waals surface area contributed by atoms with Gasteiger partial charge in [-0.2, -0.15) is 0 Å². The van der Waals surface area contributed by atoms with Crippen LogP contribution < -0.4 is 10.1 Å². The monoisotopic (exact) mass is 334 g/mol. The standard InChI is InChI=1S/C14H11BrN2OS/c1-18-11-6-7-12-13(8-11)19-14(17-12)16-10-4-2-9(15)3-5-10/h2-8H,1H3,(H,16,17). The van der Waals surface area contributed by atoms with E-state index >= 15 is 0 Å². The highest BCUT2D eigenvalue weighted by atomic mass is 79.9. The molecule has 0 saturated carbocycles. The molecule has 0 bridgehead atoms. The zero-order chi connectivity index (χ0) is 13.2. The molecule has 3 rings (SSSR count). The molecule has 96 valence electrons. The van der Waals surface area contributed by atoms with Crippen molar-refractivity contribution in [3.63, 3.8) is 0 Å². The molecule has 0 amide bonds. The van der Waals surface area contributed by atoms with Gasteiger partial charge in [-0.3, -0.25) is 0 Å². The summed E-state index contributed by atoms with van der Waals surface area (Å²) in [5.41, 5.74) is 2.00. The minimum Gasteiger partial charge on any atom is -0.497 e. The smallest absolute Gasteiger partial charge is 0.188 e. The van der Waals surface area contributed by atoms with E-state index in [1.165, 1.54) is 0 Å². The molecule has 0 fully saturated rings. The Morgan fingerprint density at radius 1 is 1.16 bits per heavy atom. The second-order valence-corrected chi connectivity index (χ2v) is 5.93. The Balaban J connectivity index is 1.90. The van der Waals surface area contributed by atoms with Crippen LogP contribution in [-0.2, 0) is 0 Å². The Bertz CT molecular complexity index is 709. The molecule has 19 heavy (non-hydrogen) atoms. The van der Waals surface area contributed by atoms with Crippen molar-refractivity contribution in [2.45, 2.75) is 0 Å². The fraction of sp³-hybridized carbons (Fsp3) is 0.0714. The first-order valence-electron chi connectivity index (χ1n) is 5.72. The molecule has 3 aromatic rings. The predicted molar refractivity (Wildman–Crippen MR) is 83.6 cm³/mol. The van der Waals surface area contributed by atoms with Gasteiger partial charge in [0.05, 0.1) is 17.3 Å². The molecule has 0 atom stereocenters. The third kappa shape index (κ3) is 2.72. The van der Waals surface area contributed by atoms with Crippen LogP contribution in [0.1, 0.15) is 0 Å². The van der Waals surface area contributed by atoms with E-state index in [0.717, 1.165) is 31.3 Å². The normalized spacial score (nSPS) is 10.6. The lowest BCUT2D eigenvalue weighted by Crippen LogP contribution is -1.87. The number of methoxy groups -OCH3 is 1. The minimum atomic E-state index is 0.853. The van der Waals surface area contributed by atoms with Gasteiger partial charge in [0.1, 0.15) is 5.75 Å². The van der Waals surface area contributed by atoms with Gasteiger partial charge in [-0.1, -0.05) is 27.3 Å². The molecule has 0 radical (unpaired) electrons. The van der Waals surface area contributed by atoms with E-state index in [-0.39, 0.29) is 0 Å². The maximum Gasteiger partial charge on any atom is 0.188 e. The fourth-order valence-electron chi connectivity index (χ4n) is 1.74. The van der Waals surface area contributed by atoms with Crippen LogP contribution in [0.5, 0.6) is 5.75 Å². The van der Waals surface area contributed by atoms with Crippen LogP contribution in [-0.4, -0.2) is 12.1 Å². The molecule has 0 saturated heterocycles. The van der Waals surface area contributed by atoms with E-state index in [1.807, 2.05) is 42.5 Å². The van der Waals surface area contributed by atoms with Gasteiger partial charge in [-0.05, 0) is 42.5 Å². The summed E-state index contributed by atoms with van der Waals surface area (Å²) >= 11 is 5.03. The van der Waals surface area contributed by atoms with Crippen LogP contribution in [0.15, 0.2) is 46.9 Å². The van der Waals surface area contributed by atoms with Gasteiger partial charge in [-0.25, -0.2) is 4.98 Å². The Kier molecular flexibility index (Phi) is 3.40. The summed E-state index contributed by atoms with van der Waals surface area (Å²) in [5.74, 6) is 0.853. The molecule has 0 spiro atoms. The number of thiazole rings is 1. The number of hydrogen-bond donors (Lipinski definition) is 1. The lowest BCUT2D eigenvalue weighted by atomic mass is 10.3. The van der Waals surface area contributed by atoms with Crippen molar-refractivity contribution in [3.05, 3.63) is 46.9 Å². The number of hydrogen-bond acceptors (Lipinski definition) is 4. The van der Waals surface area contributed by atoms with E-state index in [4.69, 9.17) is 4.74 Å². The van der Waals surface area contributed by atoms with Crippen molar-refractivity contribution in [1.82, 2.24) is 4.98 Å². The number of rotatable bonds is 3.